The summed E-state index contributed by atoms with van der Waals surface area (Å²) < 4.78 is 11.7. The van der Waals surface area contributed by atoms with Crippen LogP contribution in [0.2, 0.25) is 5.02 Å². The van der Waals surface area contributed by atoms with E-state index < -0.39 is 6.10 Å². The highest BCUT2D eigenvalue weighted by Gasteiger charge is 2.16. The third-order valence-electron chi connectivity index (χ3n) is 3.46. The molecule has 0 aliphatic carbocycles. The predicted molar refractivity (Wildman–Crippen MR) is 101 cm³/mol. The molecule has 1 heterocycles. The fourth-order valence-corrected chi connectivity index (χ4v) is 2.67. The summed E-state index contributed by atoms with van der Waals surface area (Å²) >= 11 is 9.22. The molecule has 2 aromatic carbocycles. The summed E-state index contributed by atoms with van der Waals surface area (Å²) in [6.07, 6.45) is -0.677. The van der Waals surface area contributed by atoms with Gasteiger partial charge in [-0.05, 0) is 43.3 Å². The fraction of sp³-hybridized carbons (Fsp3) is 0.167. The van der Waals surface area contributed by atoms with Crippen molar-refractivity contribution in [3.8, 4) is 17.1 Å². The average Bonchev–Trinajstić information content (AvgIpc) is 3.10. The SMILES string of the molecule is C[C@@H](Oc1ccc(Cl)cc1)C(=O)NCc1nc(-c2cccc(Br)c2)no1. The van der Waals surface area contributed by atoms with Crippen molar-refractivity contribution in [1.29, 1.82) is 0 Å². The van der Waals surface area contributed by atoms with Crippen LogP contribution in [0.3, 0.4) is 0 Å². The Bertz CT molecular complexity index is 899. The molecule has 0 unspecified atom stereocenters. The van der Waals surface area contributed by atoms with Gasteiger partial charge < -0.3 is 14.6 Å². The van der Waals surface area contributed by atoms with Gasteiger partial charge in [-0.15, -0.1) is 0 Å². The van der Waals surface area contributed by atoms with Gasteiger partial charge in [0.05, 0.1) is 6.54 Å². The zero-order chi connectivity index (χ0) is 18.5. The smallest absolute Gasteiger partial charge is 0.261 e. The van der Waals surface area contributed by atoms with Crippen molar-refractivity contribution in [3.63, 3.8) is 0 Å². The van der Waals surface area contributed by atoms with E-state index in [0.29, 0.717) is 22.5 Å². The highest BCUT2D eigenvalue weighted by atomic mass is 79.9. The maximum Gasteiger partial charge on any atom is 0.261 e. The van der Waals surface area contributed by atoms with E-state index in [-0.39, 0.29) is 12.5 Å². The molecule has 0 spiro atoms. The van der Waals surface area contributed by atoms with Gasteiger partial charge in [-0.25, -0.2) is 0 Å². The standard InChI is InChI=1S/C18H15BrClN3O3/c1-11(25-15-7-5-14(20)6-8-15)18(24)21-10-16-22-17(23-26-16)12-3-2-4-13(19)9-12/h2-9,11H,10H2,1H3,(H,21,24)/t11-/m1/s1. The van der Waals surface area contributed by atoms with Crippen LogP contribution in [0.4, 0.5) is 0 Å². The van der Waals surface area contributed by atoms with Crippen LogP contribution >= 0.6 is 27.5 Å². The molecule has 0 saturated carbocycles. The van der Waals surface area contributed by atoms with Crippen molar-refractivity contribution in [2.24, 2.45) is 0 Å². The molecule has 26 heavy (non-hydrogen) atoms. The van der Waals surface area contributed by atoms with Crippen molar-refractivity contribution in [3.05, 3.63) is 63.9 Å². The number of amides is 1. The topological polar surface area (TPSA) is 77.2 Å². The van der Waals surface area contributed by atoms with Gasteiger partial charge >= 0.3 is 0 Å². The van der Waals surface area contributed by atoms with E-state index in [4.69, 9.17) is 20.9 Å². The minimum atomic E-state index is -0.677. The van der Waals surface area contributed by atoms with Crippen molar-refractivity contribution in [2.75, 3.05) is 0 Å². The number of carbonyl (C=O) groups is 1. The summed E-state index contributed by atoms with van der Waals surface area (Å²) in [4.78, 5) is 16.4. The van der Waals surface area contributed by atoms with Gasteiger partial charge in [0, 0.05) is 15.1 Å². The summed E-state index contributed by atoms with van der Waals surface area (Å²) in [7, 11) is 0. The lowest BCUT2D eigenvalue weighted by molar-refractivity contribution is -0.127. The first-order valence-electron chi connectivity index (χ1n) is 7.80. The number of benzene rings is 2. The Morgan fingerprint density at radius 3 is 2.81 bits per heavy atom. The third-order valence-corrected chi connectivity index (χ3v) is 4.21. The second kappa shape index (κ2) is 8.33. The van der Waals surface area contributed by atoms with E-state index >= 15 is 0 Å². The van der Waals surface area contributed by atoms with Crippen LogP contribution in [0.25, 0.3) is 11.4 Å². The lowest BCUT2D eigenvalue weighted by atomic mass is 10.2. The van der Waals surface area contributed by atoms with Crippen molar-refractivity contribution >= 4 is 33.4 Å². The maximum absolute atomic E-state index is 12.2. The van der Waals surface area contributed by atoms with Crippen LogP contribution < -0.4 is 10.1 Å². The second-order valence-corrected chi connectivity index (χ2v) is 6.81. The molecule has 0 aliphatic heterocycles. The van der Waals surface area contributed by atoms with E-state index in [2.05, 4.69) is 31.4 Å². The molecule has 1 amide bonds. The highest BCUT2D eigenvalue weighted by molar-refractivity contribution is 9.10. The van der Waals surface area contributed by atoms with E-state index in [1.165, 1.54) is 0 Å². The Morgan fingerprint density at radius 1 is 1.31 bits per heavy atom. The summed E-state index contributed by atoms with van der Waals surface area (Å²) in [6.45, 7) is 1.78. The molecule has 0 fully saturated rings. The number of carbonyl (C=O) groups excluding carboxylic acids is 1. The number of halogens is 2. The molecule has 1 N–H and O–H groups in total. The number of ether oxygens (including phenoxy) is 1. The zero-order valence-electron chi connectivity index (χ0n) is 13.8. The third kappa shape index (κ3) is 4.83. The van der Waals surface area contributed by atoms with Crippen LogP contribution in [-0.4, -0.2) is 22.2 Å². The molecular formula is C18H15BrClN3O3. The van der Waals surface area contributed by atoms with E-state index in [1.807, 2.05) is 24.3 Å². The lowest BCUT2D eigenvalue weighted by Crippen LogP contribution is -2.35. The quantitative estimate of drug-likeness (QED) is 0.625. The largest absolute Gasteiger partial charge is 0.481 e. The first-order valence-corrected chi connectivity index (χ1v) is 8.97. The second-order valence-electron chi connectivity index (χ2n) is 5.45. The van der Waals surface area contributed by atoms with Crippen molar-refractivity contribution < 1.29 is 14.1 Å². The molecule has 1 atom stereocenters. The van der Waals surface area contributed by atoms with Gasteiger partial charge in [-0.1, -0.05) is 44.8 Å². The van der Waals surface area contributed by atoms with Gasteiger partial charge in [0.1, 0.15) is 5.75 Å². The molecule has 6 nitrogen and oxygen atoms in total. The van der Waals surface area contributed by atoms with Crippen LogP contribution in [0.15, 0.2) is 57.5 Å². The highest BCUT2D eigenvalue weighted by Crippen LogP contribution is 2.20. The molecule has 8 heteroatoms. The Balaban J connectivity index is 1.55. The van der Waals surface area contributed by atoms with Crippen molar-refractivity contribution in [2.45, 2.75) is 19.6 Å². The minimum Gasteiger partial charge on any atom is -0.481 e. The summed E-state index contributed by atoms with van der Waals surface area (Å²) in [5.74, 6) is 1.04. The Labute approximate surface area is 163 Å². The lowest BCUT2D eigenvalue weighted by Gasteiger charge is -2.13. The normalized spacial score (nSPS) is 11.8. The first-order chi connectivity index (χ1) is 12.5. The molecule has 0 saturated heterocycles. The average molecular weight is 437 g/mol. The van der Waals surface area contributed by atoms with E-state index in [9.17, 15) is 4.79 Å². The molecule has 3 rings (SSSR count). The minimum absolute atomic E-state index is 0.119. The number of aromatic nitrogens is 2. The van der Waals surface area contributed by atoms with Gasteiger partial charge in [-0.2, -0.15) is 4.98 Å². The zero-order valence-corrected chi connectivity index (χ0v) is 16.1. The summed E-state index contributed by atoms with van der Waals surface area (Å²) in [5.41, 5.74) is 0.820. The molecule has 0 bridgehead atoms. The van der Waals surface area contributed by atoms with E-state index in [1.54, 1.807) is 31.2 Å². The van der Waals surface area contributed by atoms with Gasteiger partial charge in [0.2, 0.25) is 11.7 Å². The van der Waals surface area contributed by atoms with Crippen LogP contribution in [0.5, 0.6) is 5.75 Å². The molecule has 0 aliphatic rings. The number of hydrogen-bond donors (Lipinski definition) is 1. The summed E-state index contributed by atoms with van der Waals surface area (Å²) in [5, 5.41) is 7.24. The van der Waals surface area contributed by atoms with Crippen molar-refractivity contribution in [1.82, 2.24) is 15.5 Å². The van der Waals surface area contributed by atoms with E-state index in [0.717, 1.165) is 10.0 Å². The monoisotopic (exact) mass is 435 g/mol. The number of nitrogens with zero attached hydrogens (tertiary/aromatic N) is 2. The Hall–Kier alpha value is -2.38. The number of rotatable bonds is 6. The number of hydrogen-bond acceptors (Lipinski definition) is 5. The molecule has 3 aromatic rings. The fourth-order valence-electron chi connectivity index (χ4n) is 2.15. The predicted octanol–water partition coefficient (Wildman–Crippen LogP) is 4.24. The Kier molecular flexibility index (Phi) is 5.90. The number of nitrogens with one attached hydrogen (secondary N) is 1. The molecular weight excluding hydrogens is 422 g/mol. The van der Waals surface area contributed by atoms with Gasteiger partial charge in [0.15, 0.2) is 6.10 Å². The molecule has 0 radical (unpaired) electrons. The van der Waals surface area contributed by atoms with Crippen LogP contribution in [-0.2, 0) is 11.3 Å². The first kappa shape index (κ1) is 18.4. The van der Waals surface area contributed by atoms with Gasteiger partial charge in [-0.3, -0.25) is 4.79 Å². The molecule has 1 aromatic heterocycles. The van der Waals surface area contributed by atoms with Gasteiger partial charge in [0.25, 0.3) is 5.91 Å². The van der Waals surface area contributed by atoms with Crippen LogP contribution in [0.1, 0.15) is 12.8 Å². The Morgan fingerprint density at radius 2 is 2.08 bits per heavy atom. The van der Waals surface area contributed by atoms with Crippen LogP contribution in [0, 0.1) is 0 Å². The maximum atomic E-state index is 12.2. The summed E-state index contributed by atoms with van der Waals surface area (Å²) in [6, 6.07) is 14.4. The molecule has 134 valence electrons.